The van der Waals surface area contributed by atoms with Gasteiger partial charge >= 0.3 is 0 Å². The molecule has 1 aromatic rings. The van der Waals surface area contributed by atoms with Gasteiger partial charge in [0.2, 0.25) is 0 Å². The molecule has 3 rings (SSSR count). The van der Waals surface area contributed by atoms with Crippen molar-refractivity contribution in [3.8, 4) is 0 Å². The van der Waals surface area contributed by atoms with E-state index in [2.05, 4.69) is 29.0 Å². The fourth-order valence-corrected chi connectivity index (χ4v) is 3.26. The van der Waals surface area contributed by atoms with Gasteiger partial charge in [0.25, 0.3) is 11.9 Å². The molecule has 8 nitrogen and oxygen atoms in total. The zero-order chi connectivity index (χ0) is 19.3. The minimum Gasteiger partial charge on any atom is -0.481 e. The van der Waals surface area contributed by atoms with Gasteiger partial charge in [0, 0.05) is 38.5 Å². The maximum absolute atomic E-state index is 12.2. The molecule has 1 aromatic heterocycles. The zero-order valence-corrected chi connectivity index (χ0v) is 15.8. The van der Waals surface area contributed by atoms with Crippen molar-refractivity contribution >= 4 is 17.7 Å². The van der Waals surface area contributed by atoms with Gasteiger partial charge in [0.15, 0.2) is 0 Å². The van der Waals surface area contributed by atoms with E-state index in [9.17, 15) is 4.79 Å². The number of rotatable bonds is 4. The van der Waals surface area contributed by atoms with Gasteiger partial charge in [0.05, 0.1) is 0 Å². The molecule has 8 heteroatoms. The number of carbonyl (C=O) groups is 2. The number of nitrogens with zero attached hydrogens (tertiary/aromatic N) is 3. The highest BCUT2D eigenvalue weighted by atomic mass is 16.4. The number of carboxylic acids is 1. The molecule has 4 N–H and O–H groups in total. The van der Waals surface area contributed by atoms with Crippen LogP contribution in [0.1, 0.15) is 49.1 Å². The first kappa shape index (κ1) is 20.1. The highest BCUT2D eigenvalue weighted by molar-refractivity contribution is 5.96. The van der Waals surface area contributed by atoms with Crippen molar-refractivity contribution in [1.29, 1.82) is 0 Å². The predicted molar refractivity (Wildman–Crippen MR) is 99.3 cm³/mol. The van der Waals surface area contributed by atoms with Crippen molar-refractivity contribution in [3.63, 3.8) is 0 Å². The third kappa shape index (κ3) is 5.14. The molecule has 1 fully saturated rings. The van der Waals surface area contributed by atoms with Crippen LogP contribution in [0.2, 0.25) is 0 Å². The van der Waals surface area contributed by atoms with Gasteiger partial charge in [0.1, 0.15) is 17.3 Å². The summed E-state index contributed by atoms with van der Waals surface area (Å²) in [6, 6.07) is 0. The largest absolute Gasteiger partial charge is 0.481 e. The van der Waals surface area contributed by atoms with Crippen LogP contribution >= 0.6 is 0 Å². The number of aliphatic carboxylic acids is 1. The normalized spacial score (nSPS) is 18.9. The molecular formula is C18H29N5O3. The van der Waals surface area contributed by atoms with E-state index in [4.69, 9.17) is 20.6 Å². The van der Waals surface area contributed by atoms with Gasteiger partial charge in [-0.1, -0.05) is 13.8 Å². The summed E-state index contributed by atoms with van der Waals surface area (Å²) in [7, 11) is 0. The summed E-state index contributed by atoms with van der Waals surface area (Å²) in [5, 5.41) is 10.3. The van der Waals surface area contributed by atoms with Crippen LogP contribution in [0.3, 0.4) is 0 Å². The van der Waals surface area contributed by atoms with Crippen molar-refractivity contribution in [3.05, 3.63) is 17.1 Å². The van der Waals surface area contributed by atoms with E-state index in [0.717, 1.165) is 56.5 Å². The lowest BCUT2D eigenvalue weighted by Crippen LogP contribution is -2.36. The van der Waals surface area contributed by atoms with Gasteiger partial charge in [-0.2, -0.15) is 0 Å². The Morgan fingerprint density at radius 3 is 2.69 bits per heavy atom. The van der Waals surface area contributed by atoms with Gasteiger partial charge in [-0.05, 0) is 31.2 Å². The Morgan fingerprint density at radius 2 is 2.12 bits per heavy atom. The molecular weight excluding hydrogens is 334 g/mol. The van der Waals surface area contributed by atoms with Gasteiger partial charge in [-0.15, -0.1) is 0 Å². The van der Waals surface area contributed by atoms with Crippen molar-refractivity contribution in [2.24, 2.45) is 17.6 Å². The molecule has 1 atom stereocenters. The van der Waals surface area contributed by atoms with Crippen LogP contribution in [0.25, 0.3) is 0 Å². The summed E-state index contributed by atoms with van der Waals surface area (Å²) < 4.78 is 0. The average molecular weight is 363 g/mol. The Balaban J connectivity index is 0.000000552. The van der Waals surface area contributed by atoms with Crippen molar-refractivity contribution < 1.29 is 14.7 Å². The molecule has 2 aliphatic rings. The van der Waals surface area contributed by atoms with Crippen LogP contribution < -0.4 is 16.0 Å². The number of fused-ring (bicyclic) bond motifs is 1. The summed E-state index contributed by atoms with van der Waals surface area (Å²) in [5.41, 5.74) is 7.39. The summed E-state index contributed by atoms with van der Waals surface area (Å²) in [5.74, 6) is 1.83. The minimum absolute atomic E-state index is 0.0653. The number of hydrogen-bond donors (Lipinski definition) is 3. The molecule has 1 saturated heterocycles. The number of amides is 1. The minimum atomic E-state index is -0.833. The second kappa shape index (κ2) is 8.93. The van der Waals surface area contributed by atoms with E-state index >= 15 is 0 Å². The molecule has 0 spiro atoms. The van der Waals surface area contributed by atoms with Crippen molar-refractivity contribution in [2.45, 2.75) is 40.0 Å². The highest BCUT2D eigenvalue weighted by Crippen LogP contribution is 2.28. The van der Waals surface area contributed by atoms with E-state index in [-0.39, 0.29) is 5.91 Å². The van der Waals surface area contributed by atoms with E-state index in [1.807, 2.05) is 0 Å². The maximum Gasteiger partial charge on any atom is 0.300 e. The Kier molecular flexibility index (Phi) is 6.90. The molecule has 0 aromatic carbocycles. The monoisotopic (exact) mass is 363 g/mol. The standard InChI is InChI=1S/C16H25N5O.C2H4O2/c1-10(2)7-13-19-14-12(3-5-18-16(14)22)15(20-13)21-6-4-11(8-17)9-21;1-2(3)4/h10-11H,3-9,17H2,1-2H3,(H,18,22);1H3,(H,3,4). The maximum atomic E-state index is 12.2. The Morgan fingerprint density at radius 1 is 1.42 bits per heavy atom. The van der Waals surface area contributed by atoms with E-state index < -0.39 is 5.97 Å². The third-order valence-electron chi connectivity index (χ3n) is 4.42. The fraction of sp³-hybridized carbons (Fsp3) is 0.667. The lowest BCUT2D eigenvalue weighted by Gasteiger charge is -2.25. The molecule has 3 heterocycles. The van der Waals surface area contributed by atoms with E-state index in [1.54, 1.807) is 0 Å². The topological polar surface area (TPSA) is 121 Å². The SMILES string of the molecule is CC(=O)O.CC(C)Cc1nc2c(c(N3CCC(CN)C3)n1)CCNC2=O. The lowest BCUT2D eigenvalue weighted by atomic mass is 10.0. The van der Waals surface area contributed by atoms with Gasteiger partial charge in [-0.25, -0.2) is 9.97 Å². The van der Waals surface area contributed by atoms with Crippen LogP contribution in [-0.2, 0) is 17.6 Å². The third-order valence-corrected chi connectivity index (χ3v) is 4.42. The summed E-state index contributed by atoms with van der Waals surface area (Å²) in [6.45, 7) is 8.64. The first-order valence-corrected chi connectivity index (χ1v) is 9.14. The Labute approximate surface area is 154 Å². The van der Waals surface area contributed by atoms with Crippen LogP contribution in [0, 0.1) is 11.8 Å². The number of hydrogen-bond acceptors (Lipinski definition) is 6. The molecule has 0 bridgehead atoms. The van der Waals surface area contributed by atoms with Crippen LogP contribution in [0.15, 0.2) is 0 Å². The quantitative estimate of drug-likeness (QED) is 0.724. The van der Waals surface area contributed by atoms with Crippen molar-refractivity contribution in [2.75, 3.05) is 31.1 Å². The molecule has 1 amide bonds. The van der Waals surface area contributed by atoms with Gasteiger partial charge in [-0.3, -0.25) is 9.59 Å². The molecule has 26 heavy (non-hydrogen) atoms. The van der Waals surface area contributed by atoms with E-state index in [0.29, 0.717) is 30.6 Å². The van der Waals surface area contributed by atoms with Gasteiger partial charge < -0.3 is 21.1 Å². The predicted octanol–water partition coefficient (Wildman–Crippen LogP) is 0.837. The number of carboxylic acid groups (broad SMARTS) is 1. The average Bonchev–Trinajstić information content (AvgIpc) is 3.03. The number of carbonyl (C=O) groups excluding carboxylic acids is 1. The highest BCUT2D eigenvalue weighted by Gasteiger charge is 2.29. The van der Waals surface area contributed by atoms with E-state index in [1.165, 1.54) is 0 Å². The second-order valence-electron chi connectivity index (χ2n) is 7.25. The zero-order valence-electron chi connectivity index (χ0n) is 15.8. The number of nitrogens with one attached hydrogen (secondary N) is 1. The smallest absolute Gasteiger partial charge is 0.300 e. The molecule has 2 aliphatic heterocycles. The summed E-state index contributed by atoms with van der Waals surface area (Å²) in [6.07, 6.45) is 2.70. The first-order valence-electron chi connectivity index (χ1n) is 9.14. The number of anilines is 1. The summed E-state index contributed by atoms with van der Waals surface area (Å²) >= 11 is 0. The van der Waals surface area contributed by atoms with Crippen molar-refractivity contribution in [1.82, 2.24) is 15.3 Å². The first-order chi connectivity index (χ1) is 12.3. The molecule has 0 radical (unpaired) electrons. The Hall–Kier alpha value is -2.22. The second-order valence-corrected chi connectivity index (χ2v) is 7.25. The van der Waals surface area contributed by atoms with Crippen LogP contribution in [0.5, 0.6) is 0 Å². The molecule has 0 aliphatic carbocycles. The number of aromatic nitrogens is 2. The van der Waals surface area contributed by atoms with Crippen LogP contribution in [-0.4, -0.2) is 53.1 Å². The molecule has 0 saturated carbocycles. The van der Waals surface area contributed by atoms with Crippen LogP contribution in [0.4, 0.5) is 5.82 Å². The summed E-state index contributed by atoms with van der Waals surface area (Å²) in [4.78, 5) is 32.8. The molecule has 1 unspecified atom stereocenters. The fourth-order valence-electron chi connectivity index (χ4n) is 3.26. The lowest BCUT2D eigenvalue weighted by molar-refractivity contribution is -0.134. The molecule has 144 valence electrons. The number of nitrogens with two attached hydrogens (primary N) is 1. The Bertz CT molecular complexity index is 658.